The van der Waals surface area contributed by atoms with Crippen LogP contribution in [0.4, 0.5) is 10.5 Å². The number of amides is 2. The van der Waals surface area contributed by atoms with E-state index in [1.54, 1.807) is 12.1 Å². The molecule has 1 atom stereocenters. The molecule has 0 aliphatic heterocycles. The molecule has 8 heteroatoms. The smallest absolute Gasteiger partial charge is 0.407 e. The fourth-order valence-corrected chi connectivity index (χ4v) is 4.33. The van der Waals surface area contributed by atoms with Crippen LogP contribution in [0.1, 0.15) is 27.4 Å². The fraction of sp³-hybridized carbons (Fsp3) is 0.222. The maximum Gasteiger partial charge on any atom is 0.407 e. The van der Waals surface area contributed by atoms with Crippen LogP contribution in [0.5, 0.6) is 0 Å². The fourth-order valence-electron chi connectivity index (χ4n) is 4.33. The average molecular weight is 475 g/mol. The van der Waals surface area contributed by atoms with Crippen molar-refractivity contribution in [2.75, 3.05) is 32.3 Å². The number of hydrogen-bond donors (Lipinski definition) is 2. The number of likely N-dealkylation sites (N-methyl/N-ethyl adjacent to an activating group) is 1. The Bertz CT molecular complexity index is 1210. The highest BCUT2D eigenvalue weighted by Crippen LogP contribution is 2.44. The van der Waals surface area contributed by atoms with Gasteiger partial charge >= 0.3 is 12.1 Å². The van der Waals surface area contributed by atoms with E-state index < -0.39 is 24.0 Å². The van der Waals surface area contributed by atoms with Crippen LogP contribution in [0.3, 0.4) is 0 Å². The SMILES string of the molecule is COC[C@H](NC(=O)OCC1c2ccccc2-c2ccccc21)C(=O)N(C)c1cccc(C(=O)O)c1. The molecular formula is C27H26N2O6. The van der Waals surface area contributed by atoms with Gasteiger partial charge in [0.1, 0.15) is 12.6 Å². The third-order valence-corrected chi connectivity index (χ3v) is 6.08. The number of carbonyl (C=O) groups is 3. The molecule has 1 aliphatic carbocycles. The third-order valence-electron chi connectivity index (χ3n) is 6.08. The molecule has 4 rings (SSSR count). The summed E-state index contributed by atoms with van der Waals surface area (Å²) < 4.78 is 10.7. The van der Waals surface area contributed by atoms with Gasteiger partial charge in [-0.3, -0.25) is 4.79 Å². The molecule has 3 aromatic rings. The Hall–Kier alpha value is -4.17. The lowest BCUT2D eigenvalue weighted by Crippen LogP contribution is -2.50. The Balaban J connectivity index is 1.44. The summed E-state index contributed by atoms with van der Waals surface area (Å²) in [6.07, 6.45) is -0.741. The third kappa shape index (κ3) is 5.02. The molecule has 0 fully saturated rings. The Morgan fingerprint density at radius 2 is 1.60 bits per heavy atom. The maximum atomic E-state index is 13.1. The van der Waals surface area contributed by atoms with E-state index in [1.165, 1.54) is 31.2 Å². The maximum absolute atomic E-state index is 13.1. The van der Waals surface area contributed by atoms with E-state index in [2.05, 4.69) is 17.4 Å². The Morgan fingerprint density at radius 1 is 0.971 bits per heavy atom. The van der Waals surface area contributed by atoms with E-state index in [1.807, 2.05) is 36.4 Å². The molecule has 1 aliphatic rings. The van der Waals surface area contributed by atoms with Crippen LogP contribution in [0, 0.1) is 0 Å². The first-order chi connectivity index (χ1) is 16.9. The quantitative estimate of drug-likeness (QED) is 0.513. The standard InChI is InChI=1S/C27H26N2O6/c1-29(18-9-7-8-17(14-18)26(31)32)25(30)24(16-34-2)28-27(33)35-15-23-21-12-5-3-10-19(21)20-11-4-6-13-22(20)23/h3-14,23-24H,15-16H2,1-2H3,(H,28,33)(H,31,32)/t24-/m0/s1. The van der Waals surface area contributed by atoms with E-state index in [4.69, 9.17) is 9.47 Å². The molecule has 0 unspecified atom stereocenters. The zero-order chi connectivity index (χ0) is 24.9. The predicted molar refractivity (Wildman–Crippen MR) is 131 cm³/mol. The van der Waals surface area contributed by atoms with Crippen LogP contribution in [0.15, 0.2) is 72.8 Å². The minimum absolute atomic E-state index is 0.0509. The second-order valence-electron chi connectivity index (χ2n) is 8.23. The van der Waals surface area contributed by atoms with Gasteiger partial charge in [-0.05, 0) is 40.5 Å². The zero-order valence-corrected chi connectivity index (χ0v) is 19.4. The molecule has 0 saturated heterocycles. The summed E-state index contributed by atoms with van der Waals surface area (Å²) in [4.78, 5) is 38.3. The van der Waals surface area contributed by atoms with Gasteiger partial charge in [-0.25, -0.2) is 9.59 Å². The number of rotatable bonds is 8. The van der Waals surface area contributed by atoms with Gasteiger partial charge in [-0.15, -0.1) is 0 Å². The van der Waals surface area contributed by atoms with Gasteiger partial charge in [0.05, 0.1) is 12.2 Å². The van der Waals surface area contributed by atoms with Crippen molar-refractivity contribution in [1.82, 2.24) is 5.32 Å². The van der Waals surface area contributed by atoms with Gasteiger partial charge in [0, 0.05) is 25.8 Å². The average Bonchev–Trinajstić information content (AvgIpc) is 3.20. The summed E-state index contributed by atoms with van der Waals surface area (Å²) in [6.45, 7) is 0.0379. The molecule has 2 N–H and O–H groups in total. The summed E-state index contributed by atoms with van der Waals surface area (Å²) in [7, 11) is 2.93. The summed E-state index contributed by atoms with van der Waals surface area (Å²) in [5.41, 5.74) is 4.85. The van der Waals surface area contributed by atoms with Crippen molar-refractivity contribution in [3.8, 4) is 11.1 Å². The summed E-state index contributed by atoms with van der Waals surface area (Å²) >= 11 is 0. The first-order valence-electron chi connectivity index (χ1n) is 11.1. The highest BCUT2D eigenvalue weighted by molar-refractivity contribution is 5.99. The van der Waals surface area contributed by atoms with Crippen molar-refractivity contribution in [3.63, 3.8) is 0 Å². The van der Waals surface area contributed by atoms with E-state index >= 15 is 0 Å². The van der Waals surface area contributed by atoms with Gasteiger partial charge in [0.2, 0.25) is 0 Å². The van der Waals surface area contributed by atoms with Crippen molar-refractivity contribution in [2.24, 2.45) is 0 Å². The number of fused-ring (bicyclic) bond motifs is 3. The van der Waals surface area contributed by atoms with E-state index in [0.717, 1.165) is 22.3 Å². The van der Waals surface area contributed by atoms with E-state index in [9.17, 15) is 19.5 Å². The highest BCUT2D eigenvalue weighted by atomic mass is 16.5. The molecule has 2 amide bonds. The van der Waals surface area contributed by atoms with Gasteiger partial charge in [0.25, 0.3) is 5.91 Å². The number of methoxy groups -OCH3 is 1. The number of anilines is 1. The molecule has 35 heavy (non-hydrogen) atoms. The Labute approximate surface area is 203 Å². The van der Waals surface area contributed by atoms with Crippen LogP contribution >= 0.6 is 0 Å². The number of carboxylic acid groups (broad SMARTS) is 1. The van der Waals surface area contributed by atoms with Crippen LogP contribution in [0.2, 0.25) is 0 Å². The number of benzene rings is 3. The molecule has 0 radical (unpaired) electrons. The van der Waals surface area contributed by atoms with E-state index in [0.29, 0.717) is 5.69 Å². The van der Waals surface area contributed by atoms with Gasteiger partial charge in [-0.1, -0.05) is 54.6 Å². The summed E-state index contributed by atoms with van der Waals surface area (Å²) in [5.74, 6) is -1.67. The van der Waals surface area contributed by atoms with Gasteiger partial charge in [-0.2, -0.15) is 0 Å². The lowest BCUT2D eigenvalue weighted by Gasteiger charge is -2.24. The van der Waals surface area contributed by atoms with E-state index in [-0.39, 0.29) is 24.7 Å². The lowest BCUT2D eigenvalue weighted by atomic mass is 9.98. The van der Waals surface area contributed by atoms with Crippen LogP contribution in [0.25, 0.3) is 11.1 Å². The van der Waals surface area contributed by atoms with Crippen molar-refractivity contribution in [2.45, 2.75) is 12.0 Å². The molecule has 3 aromatic carbocycles. The Kier molecular flexibility index (Phi) is 7.12. The van der Waals surface area contributed by atoms with Crippen LogP contribution < -0.4 is 10.2 Å². The Morgan fingerprint density at radius 3 is 2.20 bits per heavy atom. The number of carbonyl (C=O) groups excluding carboxylic acids is 2. The van der Waals surface area contributed by atoms with Crippen molar-refractivity contribution >= 4 is 23.7 Å². The second-order valence-corrected chi connectivity index (χ2v) is 8.23. The molecule has 8 nitrogen and oxygen atoms in total. The molecule has 180 valence electrons. The monoisotopic (exact) mass is 474 g/mol. The van der Waals surface area contributed by atoms with Crippen LogP contribution in [-0.4, -0.2) is 56.5 Å². The molecule has 0 heterocycles. The molecule has 0 spiro atoms. The summed E-state index contributed by atoms with van der Waals surface area (Å²) in [6, 6.07) is 21.0. The normalized spacial score (nSPS) is 12.9. The number of ether oxygens (including phenoxy) is 2. The highest BCUT2D eigenvalue weighted by Gasteiger charge is 2.30. The first-order valence-corrected chi connectivity index (χ1v) is 11.1. The zero-order valence-electron chi connectivity index (χ0n) is 19.4. The van der Waals surface area contributed by atoms with Gasteiger partial charge in [0.15, 0.2) is 0 Å². The number of carboxylic acids is 1. The second kappa shape index (κ2) is 10.4. The molecule has 0 aromatic heterocycles. The first kappa shape index (κ1) is 24.0. The summed E-state index contributed by atoms with van der Waals surface area (Å²) in [5, 5.41) is 11.8. The molecular weight excluding hydrogens is 448 g/mol. The number of aromatic carboxylic acids is 1. The number of nitrogens with zero attached hydrogens (tertiary/aromatic N) is 1. The van der Waals surface area contributed by atoms with Crippen molar-refractivity contribution in [3.05, 3.63) is 89.5 Å². The topological polar surface area (TPSA) is 105 Å². The largest absolute Gasteiger partial charge is 0.478 e. The number of hydrogen-bond acceptors (Lipinski definition) is 5. The minimum atomic E-state index is -1.10. The van der Waals surface area contributed by atoms with Gasteiger partial charge < -0.3 is 24.8 Å². The number of alkyl carbamates (subject to hydrolysis) is 1. The predicted octanol–water partition coefficient (Wildman–Crippen LogP) is 3.90. The van der Waals surface area contributed by atoms with Crippen LogP contribution in [-0.2, 0) is 14.3 Å². The number of nitrogens with one attached hydrogen (secondary N) is 1. The lowest BCUT2D eigenvalue weighted by molar-refractivity contribution is -0.121. The minimum Gasteiger partial charge on any atom is -0.478 e. The van der Waals surface area contributed by atoms with Crippen molar-refractivity contribution < 1.29 is 29.0 Å². The molecule has 0 bridgehead atoms. The molecule has 0 saturated carbocycles. The van der Waals surface area contributed by atoms with Crippen molar-refractivity contribution in [1.29, 1.82) is 0 Å².